The van der Waals surface area contributed by atoms with E-state index in [9.17, 15) is 5.11 Å². The second-order valence-corrected chi connectivity index (χ2v) is 7.72. The van der Waals surface area contributed by atoms with Gasteiger partial charge in [0.05, 0.1) is 0 Å². The molecule has 0 amide bonds. The van der Waals surface area contributed by atoms with Crippen molar-refractivity contribution in [3.05, 3.63) is 0 Å². The standard InChI is InChI=1S/C10H17ClOSe/c1-9(2)6-4-5-10(9,3)8(12)7(6)13-11/h6-8,12H,4-5H2,1-3H3/t6-,7+,8+,10+/m1/s1. The predicted octanol–water partition coefficient (Wildman–Crippen LogP) is 2.45. The third kappa shape index (κ3) is 1.04. The average Bonchev–Trinajstić information content (AvgIpc) is 2.36. The van der Waals surface area contributed by atoms with Crippen molar-refractivity contribution in [3.8, 4) is 0 Å². The molecule has 3 heteroatoms. The summed E-state index contributed by atoms with van der Waals surface area (Å²) in [5.41, 5.74) is 0.409. The fourth-order valence-electron chi connectivity index (χ4n) is 3.36. The van der Waals surface area contributed by atoms with Gasteiger partial charge in [-0.2, -0.15) is 0 Å². The SMILES string of the molecule is CC1(C)[C@@H]2CC[C@@]1(C)[C@@H](O)[C@H]2[Se]Cl. The first-order valence-corrected chi connectivity index (χ1v) is 8.14. The van der Waals surface area contributed by atoms with Gasteiger partial charge in [0.15, 0.2) is 0 Å². The van der Waals surface area contributed by atoms with Gasteiger partial charge in [0.25, 0.3) is 0 Å². The summed E-state index contributed by atoms with van der Waals surface area (Å²) in [4.78, 5) is 0.392. The van der Waals surface area contributed by atoms with Gasteiger partial charge in [-0.15, -0.1) is 0 Å². The van der Waals surface area contributed by atoms with Crippen LogP contribution in [0, 0.1) is 16.7 Å². The molecule has 0 aliphatic heterocycles. The van der Waals surface area contributed by atoms with Gasteiger partial charge in [0, 0.05) is 0 Å². The molecule has 76 valence electrons. The first kappa shape index (κ1) is 10.3. The van der Waals surface area contributed by atoms with E-state index in [2.05, 4.69) is 20.8 Å². The van der Waals surface area contributed by atoms with E-state index in [1.807, 2.05) is 0 Å². The fourth-order valence-corrected chi connectivity index (χ4v) is 6.61. The van der Waals surface area contributed by atoms with Crippen molar-refractivity contribution >= 4 is 24.1 Å². The van der Waals surface area contributed by atoms with E-state index in [0.29, 0.717) is 10.7 Å². The molecule has 4 atom stereocenters. The average molecular weight is 268 g/mol. The van der Waals surface area contributed by atoms with Crippen molar-refractivity contribution in [2.75, 3.05) is 0 Å². The van der Waals surface area contributed by atoms with Gasteiger partial charge < -0.3 is 0 Å². The second kappa shape index (κ2) is 2.88. The number of aliphatic hydroxyl groups excluding tert-OH is 1. The molecule has 2 bridgehead atoms. The molecule has 1 N–H and O–H groups in total. The molecule has 2 rings (SSSR count). The Kier molecular flexibility index (Phi) is 2.28. The Morgan fingerprint density at radius 2 is 2.00 bits per heavy atom. The molecule has 0 aromatic carbocycles. The Labute approximate surface area is 90.6 Å². The Bertz CT molecular complexity index is 231. The molecule has 2 aliphatic carbocycles. The number of fused-ring (bicyclic) bond motifs is 2. The van der Waals surface area contributed by atoms with Crippen molar-refractivity contribution in [3.63, 3.8) is 0 Å². The molecular weight excluding hydrogens is 251 g/mol. The third-order valence-electron chi connectivity index (χ3n) is 4.84. The summed E-state index contributed by atoms with van der Waals surface area (Å²) in [6.07, 6.45) is 2.29. The van der Waals surface area contributed by atoms with Gasteiger partial charge in [-0.25, -0.2) is 0 Å². The van der Waals surface area contributed by atoms with E-state index in [-0.39, 0.29) is 31.0 Å². The van der Waals surface area contributed by atoms with Gasteiger partial charge in [-0.3, -0.25) is 0 Å². The molecule has 0 aromatic heterocycles. The number of hydrogen-bond acceptors (Lipinski definition) is 1. The first-order valence-electron chi connectivity index (χ1n) is 4.90. The predicted molar refractivity (Wildman–Crippen MR) is 56.0 cm³/mol. The van der Waals surface area contributed by atoms with Crippen LogP contribution in [0.4, 0.5) is 0 Å². The number of aliphatic hydroxyl groups is 1. The maximum atomic E-state index is 10.2. The minimum absolute atomic E-state index is 0.0829. The monoisotopic (exact) mass is 268 g/mol. The van der Waals surface area contributed by atoms with Crippen molar-refractivity contribution in [1.82, 2.24) is 0 Å². The minimum atomic E-state index is -0.154. The maximum absolute atomic E-state index is 10.2. The van der Waals surface area contributed by atoms with Gasteiger partial charge in [0.1, 0.15) is 0 Å². The second-order valence-electron chi connectivity index (χ2n) is 5.28. The van der Waals surface area contributed by atoms with Crippen molar-refractivity contribution in [2.45, 2.75) is 44.5 Å². The quantitative estimate of drug-likeness (QED) is 0.724. The van der Waals surface area contributed by atoms with Crippen LogP contribution >= 0.6 is 10.1 Å². The van der Waals surface area contributed by atoms with Gasteiger partial charge in [-0.05, 0) is 0 Å². The van der Waals surface area contributed by atoms with E-state index in [0.717, 1.165) is 0 Å². The molecule has 0 saturated heterocycles. The molecule has 0 heterocycles. The Balaban J connectivity index is 2.39. The molecule has 0 spiro atoms. The molecule has 0 aromatic rings. The topological polar surface area (TPSA) is 20.2 Å². The van der Waals surface area contributed by atoms with Crippen LogP contribution in [0.25, 0.3) is 0 Å². The van der Waals surface area contributed by atoms with Crippen molar-refractivity contribution in [1.29, 1.82) is 0 Å². The van der Waals surface area contributed by atoms with Crippen LogP contribution in [0.2, 0.25) is 4.82 Å². The molecule has 0 radical (unpaired) electrons. The van der Waals surface area contributed by atoms with Crippen LogP contribution in [0.15, 0.2) is 0 Å². The normalized spacial score (nSPS) is 52.8. The molecule has 0 unspecified atom stereocenters. The summed E-state index contributed by atoms with van der Waals surface area (Å²) >= 11 is 0.0829. The Morgan fingerprint density at radius 1 is 1.38 bits per heavy atom. The summed E-state index contributed by atoms with van der Waals surface area (Å²) in [7, 11) is 5.99. The molecule has 1 nitrogen and oxygen atoms in total. The zero-order chi connectivity index (χ0) is 9.85. The number of rotatable bonds is 1. The van der Waals surface area contributed by atoms with Crippen LogP contribution < -0.4 is 0 Å². The van der Waals surface area contributed by atoms with Crippen LogP contribution in [0.3, 0.4) is 0 Å². The zero-order valence-electron chi connectivity index (χ0n) is 8.38. The van der Waals surface area contributed by atoms with E-state index in [4.69, 9.17) is 10.1 Å². The van der Waals surface area contributed by atoms with Gasteiger partial charge in [0.2, 0.25) is 0 Å². The van der Waals surface area contributed by atoms with Crippen molar-refractivity contribution < 1.29 is 5.11 Å². The van der Waals surface area contributed by atoms with Crippen LogP contribution in [0.1, 0.15) is 33.6 Å². The summed E-state index contributed by atoms with van der Waals surface area (Å²) < 4.78 is 0. The molecule has 2 fully saturated rings. The Hall–Kier alpha value is 0.769. The number of hydrogen-bond donors (Lipinski definition) is 1. The third-order valence-corrected chi connectivity index (χ3v) is 7.57. The van der Waals surface area contributed by atoms with Crippen LogP contribution in [0.5, 0.6) is 0 Å². The molecule has 13 heavy (non-hydrogen) atoms. The van der Waals surface area contributed by atoms with E-state index < -0.39 is 0 Å². The summed E-state index contributed by atoms with van der Waals surface area (Å²) in [6.45, 7) is 6.84. The van der Waals surface area contributed by atoms with E-state index in [1.165, 1.54) is 12.8 Å². The fraction of sp³-hybridized carbons (Fsp3) is 1.00. The van der Waals surface area contributed by atoms with E-state index in [1.54, 1.807) is 0 Å². The van der Waals surface area contributed by atoms with Gasteiger partial charge >= 0.3 is 90.5 Å². The van der Waals surface area contributed by atoms with Crippen LogP contribution in [-0.4, -0.2) is 25.3 Å². The first-order chi connectivity index (χ1) is 5.95. The Morgan fingerprint density at radius 3 is 2.31 bits per heavy atom. The molecule has 2 aliphatic rings. The summed E-state index contributed by atoms with van der Waals surface area (Å²) in [5, 5.41) is 10.2. The van der Waals surface area contributed by atoms with E-state index >= 15 is 0 Å². The molecular formula is C10H17ClOSe. The van der Waals surface area contributed by atoms with Gasteiger partial charge in [-0.1, -0.05) is 0 Å². The summed E-state index contributed by atoms with van der Waals surface area (Å²) in [5.74, 6) is 0.657. The number of halogens is 1. The summed E-state index contributed by atoms with van der Waals surface area (Å²) in [6, 6.07) is 0. The van der Waals surface area contributed by atoms with Crippen LogP contribution in [-0.2, 0) is 0 Å². The van der Waals surface area contributed by atoms with Crippen molar-refractivity contribution in [2.24, 2.45) is 16.7 Å². The zero-order valence-corrected chi connectivity index (χ0v) is 10.8. The molecule has 2 saturated carbocycles.